The summed E-state index contributed by atoms with van der Waals surface area (Å²) in [6, 6.07) is 5.38. The van der Waals surface area contributed by atoms with Gasteiger partial charge in [-0.05, 0) is 37.5 Å². The third kappa shape index (κ3) is 3.13. The van der Waals surface area contributed by atoms with E-state index in [1.54, 1.807) is 19.1 Å². The zero-order valence-electron chi connectivity index (χ0n) is 9.45. The van der Waals surface area contributed by atoms with Crippen molar-refractivity contribution in [1.82, 2.24) is 0 Å². The summed E-state index contributed by atoms with van der Waals surface area (Å²) >= 11 is 5.89. The fraction of sp³-hybridized carbons (Fsp3) is 0.538. The van der Waals surface area contributed by atoms with Crippen LogP contribution in [0.2, 0.25) is 5.02 Å². The largest absolute Gasteiger partial charge is 0.493 e. The number of aliphatic hydroxyl groups is 1. The lowest BCUT2D eigenvalue weighted by atomic mass is 10.1. The molecule has 1 saturated carbocycles. The Morgan fingerprint density at radius 1 is 1.50 bits per heavy atom. The summed E-state index contributed by atoms with van der Waals surface area (Å²) in [5, 5.41) is 10.2. The van der Waals surface area contributed by atoms with E-state index in [1.807, 2.05) is 6.07 Å². The Bertz CT molecular complexity index is 359. The molecule has 1 unspecified atom stereocenters. The van der Waals surface area contributed by atoms with Gasteiger partial charge in [0.15, 0.2) is 0 Å². The molecule has 2 nitrogen and oxygen atoms in total. The highest BCUT2D eigenvalue weighted by molar-refractivity contribution is 6.30. The summed E-state index contributed by atoms with van der Waals surface area (Å²) in [6.45, 7) is 2.45. The molecular formula is C13H17ClO2. The number of halogens is 1. The van der Waals surface area contributed by atoms with Gasteiger partial charge in [0.05, 0.1) is 12.7 Å². The number of ether oxygens (including phenoxy) is 1. The van der Waals surface area contributed by atoms with Crippen molar-refractivity contribution >= 4 is 11.6 Å². The van der Waals surface area contributed by atoms with Crippen LogP contribution >= 0.6 is 11.6 Å². The molecule has 0 radical (unpaired) electrons. The summed E-state index contributed by atoms with van der Waals surface area (Å²) < 4.78 is 5.69. The second kappa shape index (κ2) is 5.07. The summed E-state index contributed by atoms with van der Waals surface area (Å²) in [5.41, 5.74) is 0.767. The lowest BCUT2D eigenvalue weighted by Gasteiger charge is -2.13. The Labute approximate surface area is 101 Å². The average Bonchev–Trinajstić information content (AvgIpc) is 3.04. The fourth-order valence-electron chi connectivity index (χ4n) is 1.72. The standard InChI is InChI=1S/C13H17ClO2/c1-9(15)12-8-11(14)4-5-13(12)16-7-6-10-2-3-10/h4-5,8-10,15H,2-3,6-7H2,1H3. The smallest absolute Gasteiger partial charge is 0.125 e. The molecule has 0 heterocycles. The molecule has 1 aliphatic carbocycles. The molecule has 0 bridgehead atoms. The molecular weight excluding hydrogens is 224 g/mol. The van der Waals surface area contributed by atoms with Gasteiger partial charge >= 0.3 is 0 Å². The van der Waals surface area contributed by atoms with Crippen molar-refractivity contribution in [2.75, 3.05) is 6.61 Å². The normalized spacial score (nSPS) is 17.2. The number of rotatable bonds is 5. The highest BCUT2D eigenvalue weighted by Gasteiger charge is 2.21. The minimum atomic E-state index is -0.547. The van der Waals surface area contributed by atoms with Crippen molar-refractivity contribution in [1.29, 1.82) is 0 Å². The van der Waals surface area contributed by atoms with Gasteiger partial charge in [0, 0.05) is 10.6 Å². The van der Waals surface area contributed by atoms with Gasteiger partial charge < -0.3 is 9.84 Å². The molecule has 88 valence electrons. The van der Waals surface area contributed by atoms with E-state index in [9.17, 15) is 5.11 Å². The Balaban J connectivity index is 1.99. The van der Waals surface area contributed by atoms with Crippen LogP contribution < -0.4 is 4.74 Å². The predicted molar refractivity (Wildman–Crippen MR) is 64.9 cm³/mol. The predicted octanol–water partition coefficient (Wildman–Crippen LogP) is 3.57. The molecule has 16 heavy (non-hydrogen) atoms. The molecule has 0 aliphatic heterocycles. The minimum absolute atomic E-state index is 0.547. The maximum Gasteiger partial charge on any atom is 0.125 e. The molecule has 1 fully saturated rings. The van der Waals surface area contributed by atoms with Crippen LogP contribution in [0.3, 0.4) is 0 Å². The van der Waals surface area contributed by atoms with Crippen molar-refractivity contribution < 1.29 is 9.84 Å². The summed E-state index contributed by atoms with van der Waals surface area (Å²) in [4.78, 5) is 0. The molecule has 1 aliphatic rings. The first-order chi connectivity index (χ1) is 7.66. The zero-order valence-corrected chi connectivity index (χ0v) is 10.2. The molecule has 1 N–H and O–H groups in total. The number of benzene rings is 1. The van der Waals surface area contributed by atoms with Crippen LogP contribution in [0.4, 0.5) is 0 Å². The van der Waals surface area contributed by atoms with Gasteiger partial charge in [0.2, 0.25) is 0 Å². The van der Waals surface area contributed by atoms with E-state index in [4.69, 9.17) is 16.3 Å². The molecule has 0 amide bonds. The number of hydrogen-bond acceptors (Lipinski definition) is 2. The topological polar surface area (TPSA) is 29.5 Å². The molecule has 0 aromatic heterocycles. The summed E-state index contributed by atoms with van der Waals surface area (Å²) in [6.07, 6.45) is 3.25. The molecule has 3 heteroatoms. The van der Waals surface area contributed by atoms with Gasteiger partial charge in [-0.1, -0.05) is 24.4 Å². The number of aliphatic hydroxyl groups excluding tert-OH is 1. The van der Waals surface area contributed by atoms with Crippen LogP contribution in [0, 0.1) is 5.92 Å². The van der Waals surface area contributed by atoms with Crippen LogP contribution in [-0.2, 0) is 0 Å². The highest BCUT2D eigenvalue weighted by Crippen LogP contribution is 2.33. The third-order valence-corrected chi connectivity index (χ3v) is 3.14. The maximum atomic E-state index is 9.61. The van der Waals surface area contributed by atoms with Crippen LogP contribution in [0.15, 0.2) is 18.2 Å². The first-order valence-corrected chi connectivity index (χ1v) is 6.15. The molecule has 1 aromatic rings. The van der Waals surface area contributed by atoms with Gasteiger partial charge in [0.25, 0.3) is 0 Å². The number of hydrogen-bond donors (Lipinski definition) is 1. The molecule has 0 spiro atoms. The van der Waals surface area contributed by atoms with E-state index in [2.05, 4.69) is 0 Å². The van der Waals surface area contributed by atoms with E-state index < -0.39 is 6.10 Å². The molecule has 0 saturated heterocycles. The van der Waals surface area contributed by atoms with E-state index in [1.165, 1.54) is 12.8 Å². The zero-order chi connectivity index (χ0) is 11.5. The van der Waals surface area contributed by atoms with Crippen molar-refractivity contribution in [3.05, 3.63) is 28.8 Å². The van der Waals surface area contributed by atoms with Crippen molar-refractivity contribution in [2.24, 2.45) is 5.92 Å². The Morgan fingerprint density at radius 3 is 2.88 bits per heavy atom. The molecule has 1 atom stereocenters. The van der Waals surface area contributed by atoms with E-state index in [0.717, 1.165) is 30.3 Å². The first kappa shape index (κ1) is 11.7. The van der Waals surface area contributed by atoms with Crippen LogP contribution in [-0.4, -0.2) is 11.7 Å². The summed E-state index contributed by atoms with van der Waals surface area (Å²) in [5.74, 6) is 1.61. The van der Waals surface area contributed by atoms with Crippen LogP contribution in [0.25, 0.3) is 0 Å². The fourth-order valence-corrected chi connectivity index (χ4v) is 1.90. The monoisotopic (exact) mass is 240 g/mol. The van der Waals surface area contributed by atoms with E-state index in [-0.39, 0.29) is 0 Å². The van der Waals surface area contributed by atoms with Crippen LogP contribution in [0.1, 0.15) is 37.9 Å². The van der Waals surface area contributed by atoms with E-state index >= 15 is 0 Å². The second-order valence-electron chi connectivity index (χ2n) is 4.44. The average molecular weight is 241 g/mol. The quantitative estimate of drug-likeness (QED) is 0.853. The maximum absolute atomic E-state index is 9.61. The van der Waals surface area contributed by atoms with Gasteiger partial charge in [-0.15, -0.1) is 0 Å². The third-order valence-electron chi connectivity index (χ3n) is 2.90. The molecule has 1 aromatic carbocycles. The lowest BCUT2D eigenvalue weighted by molar-refractivity contribution is 0.190. The summed E-state index contributed by atoms with van der Waals surface area (Å²) in [7, 11) is 0. The first-order valence-electron chi connectivity index (χ1n) is 5.77. The van der Waals surface area contributed by atoms with Crippen molar-refractivity contribution in [3.8, 4) is 5.75 Å². The lowest BCUT2D eigenvalue weighted by Crippen LogP contribution is -2.02. The van der Waals surface area contributed by atoms with Gasteiger partial charge in [0.1, 0.15) is 5.75 Å². The Hall–Kier alpha value is -0.730. The van der Waals surface area contributed by atoms with Crippen molar-refractivity contribution in [2.45, 2.75) is 32.3 Å². The Morgan fingerprint density at radius 2 is 2.25 bits per heavy atom. The SMILES string of the molecule is CC(O)c1cc(Cl)ccc1OCCC1CC1. The van der Waals surface area contributed by atoms with E-state index in [0.29, 0.717) is 5.02 Å². The van der Waals surface area contributed by atoms with Gasteiger partial charge in [-0.25, -0.2) is 0 Å². The van der Waals surface area contributed by atoms with Gasteiger partial charge in [-0.3, -0.25) is 0 Å². The highest BCUT2D eigenvalue weighted by atomic mass is 35.5. The Kier molecular flexibility index (Phi) is 3.72. The van der Waals surface area contributed by atoms with Crippen LogP contribution in [0.5, 0.6) is 5.75 Å². The van der Waals surface area contributed by atoms with Gasteiger partial charge in [-0.2, -0.15) is 0 Å². The van der Waals surface area contributed by atoms with Crippen molar-refractivity contribution in [3.63, 3.8) is 0 Å². The minimum Gasteiger partial charge on any atom is -0.493 e. The second-order valence-corrected chi connectivity index (χ2v) is 4.88. The molecule has 2 rings (SSSR count).